The van der Waals surface area contributed by atoms with Crippen LogP contribution in [-0.4, -0.2) is 32.8 Å². The van der Waals surface area contributed by atoms with Gasteiger partial charge in [0.25, 0.3) is 0 Å². The maximum absolute atomic E-state index is 11.9. The number of nitrogens with zero attached hydrogens (tertiary/aromatic N) is 2. The highest BCUT2D eigenvalue weighted by molar-refractivity contribution is 5.92. The van der Waals surface area contributed by atoms with Crippen molar-refractivity contribution in [1.82, 2.24) is 9.78 Å². The van der Waals surface area contributed by atoms with Gasteiger partial charge in [-0.25, -0.2) is 0 Å². The van der Waals surface area contributed by atoms with Crippen molar-refractivity contribution in [2.75, 3.05) is 5.32 Å². The summed E-state index contributed by atoms with van der Waals surface area (Å²) in [5.74, 6) is -1.18. The standard InChI is InChI=1S/C13H22N4O3/c1-9(4-3-5-10(2)14)13(20)16-11-6-15-17(7-11)8-12(18)19/h6-7,9-10H,3-5,8,14H2,1-2H3,(H,16,20)(H,18,19). The van der Waals surface area contributed by atoms with Crippen LogP contribution >= 0.6 is 0 Å². The maximum atomic E-state index is 11.9. The highest BCUT2D eigenvalue weighted by Crippen LogP contribution is 2.13. The van der Waals surface area contributed by atoms with E-state index in [1.54, 1.807) is 0 Å². The van der Waals surface area contributed by atoms with Gasteiger partial charge in [-0.15, -0.1) is 0 Å². The summed E-state index contributed by atoms with van der Waals surface area (Å²) in [5.41, 5.74) is 6.17. The molecule has 1 amide bonds. The number of carbonyl (C=O) groups is 2. The van der Waals surface area contributed by atoms with Gasteiger partial charge in [-0.3, -0.25) is 14.3 Å². The molecule has 1 heterocycles. The fourth-order valence-corrected chi connectivity index (χ4v) is 1.80. The zero-order valence-corrected chi connectivity index (χ0v) is 11.9. The molecule has 4 N–H and O–H groups in total. The van der Waals surface area contributed by atoms with Gasteiger partial charge in [-0.05, 0) is 19.8 Å². The topological polar surface area (TPSA) is 110 Å². The van der Waals surface area contributed by atoms with E-state index in [0.717, 1.165) is 19.3 Å². The fourth-order valence-electron chi connectivity index (χ4n) is 1.80. The molecular weight excluding hydrogens is 260 g/mol. The number of rotatable bonds is 8. The summed E-state index contributed by atoms with van der Waals surface area (Å²) < 4.78 is 1.26. The molecule has 0 aromatic carbocycles. The summed E-state index contributed by atoms with van der Waals surface area (Å²) in [6.45, 7) is 3.58. The largest absolute Gasteiger partial charge is 0.480 e. The van der Waals surface area contributed by atoms with E-state index < -0.39 is 5.97 Å². The first-order valence-corrected chi connectivity index (χ1v) is 6.69. The molecule has 0 fully saturated rings. The molecule has 2 atom stereocenters. The second kappa shape index (κ2) is 7.64. The molecule has 7 heteroatoms. The van der Waals surface area contributed by atoms with Crippen molar-refractivity contribution in [2.24, 2.45) is 11.7 Å². The maximum Gasteiger partial charge on any atom is 0.325 e. The van der Waals surface area contributed by atoms with Gasteiger partial charge in [0.05, 0.1) is 11.9 Å². The summed E-state index contributed by atoms with van der Waals surface area (Å²) >= 11 is 0. The van der Waals surface area contributed by atoms with Gasteiger partial charge in [0.15, 0.2) is 0 Å². The van der Waals surface area contributed by atoms with Gasteiger partial charge in [0.2, 0.25) is 5.91 Å². The van der Waals surface area contributed by atoms with Crippen molar-refractivity contribution in [3.05, 3.63) is 12.4 Å². The lowest BCUT2D eigenvalue weighted by Gasteiger charge is -2.11. The summed E-state index contributed by atoms with van der Waals surface area (Å²) in [6.07, 6.45) is 5.52. The van der Waals surface area contributed by atoms with Crippen molar-refractivity contribution in [2.45, 2.75) is 45.7 Å². The van der Waals surface area contributed by atoms with Crippen LogP contribution in [0.4, 0.5) is 5.69 Å². The fraction of sp³-hybridized carbons (Fsp3) is 0.615. The Morgan fingerprint density at radius 2 is 2.15 bits per heavy atom. The van der Waals surface area contributed by atoms with E-state index >= 15 is 0 Å². The Labute approximate surface area is 118 Å². The summed E-state index contributed by atoms with van der Waals surface area (Å²) in [7, 11) is 0. The minimum atomic E-state index is -0.977. The second-order valence-electron chi connectivity index (χ2n) is 5.12. The van der Waals surface area contributed by atoms with Gasteiger partial charge < -0.3 is 16.2 Å². The van der Waals surface area contributed by atoms with E-state index in [4.69, 9.17) is 10.8 Å². The predicted molar refractivity (Wildman–Crippen MR) is 75.2 cm³/mol. The number of nitrogens with one attached hydrogen (secondary N) is 1. The van der Waals surface area contributed by atoms with Crippen molar-refractivity contribution in [3.63, 3.8) is 0 Å². The van der Waals surface area contributed by atoms with E-state index in [2.05, 4.69) is 10.4 Å². The van der Waals surface area contributed by atoms with Crippen LogP contribution in [0.3, 0.4) is 0 Å². The number of hydrogen-bond acceptors (Lipinski definition) is 4. The SMILES string of the molecule is CC(N)CCCC(C)C(=O)Nc1cnn(CC(=O)O)c1. The van der Waals surface area contributed by atoms with Gasteiger partial charge >= 0.3 is 5.97 Å². The molecular formula is C13H22N4O3. The molecule has 112 valence electrons. The van der Waals surface area contributed by atoms with Crippen LogP contribution in [0, 0.1) is 5.92 Å². The number of anilines is 1. The van der Waals surface area contributed by atoms with Crippen molar-refractivity contribution in [1.29, 1.82) is 0 Å². The smallest absolute Gasteiger partial charge is 0.325 e. The Hall–Kier alpha value is -1.89. The zero-order valence-electron chi connectivity index (χ0n) is 11.9. The van der Waals surface area contributed by atoms with Gasteiger partial charge in [0, 0.05) is 18.2 Å². The summed E-state index contributed by atoms with van der Waals surface area (Å²) in [5, 5.41) is 15.2. The summed E-state index contributed by atoms with van der Waals surface area (Å²) in [6, 6.07) is 0.152. The molecule has 1 rings (SSSR count). The third kappa shape index (κ3) is 5.83. The van der Waals surface area contributed by atoms with Crippen molar-refractivity contribution < 1.29 is 14.7 Å². The molecule has 20 heavy (non-hydrogen) atoms. The number of carbonyl (C=O) groups excluding carboxylic acids is 1. The van der Waals surface area contributed by atoms with Crippen LogP contribution < -0.4 is 11.1 Å². The summed E-state index contributed by atoms with van der Waals surface area (Å²) in [4.78, 5) is 22.4. The molecule has 0 saturated heterocycles. The molecule has 0 aliphatic rings. The third-order valence-corrected chi connectivity index (χ3v) is 2.94. The number of amides is 1. The van der Waals surface area contributed by atoms with Crippen LogP contribution in [0.1, 0.15) is 33.1 Å². The Morgan fingerprint density at radius 1 is 1.45 bits per heavy atom. The molecule has 7 nitrogen and oxygen atoms in total. The van der Waals surface area contributed by atoms with Crippen LogP contribution in [0.2, 0.25) is 0 Å². The number of carboxylic acid groups (broad SMARTS) is 1. The normalized spacial score (nSPS) is 13.8. The number of aromatic nitrogens is 2. The van der Waals surface area contributed by atoms with Gasteiger partial charge in [0.1, 0.15) is 6.54 Å². The minimum absolute atomic E-state index is 0.0930. The van der Waals surface area contributed by atoms with Crippen LogP contribution in [-0.2, 0) is 16.1 Å². The molecule has 1 aromatic rings. The Bertz CT molecular complexity index is 456. The van der Waals surface area contributed by atoms with Gasteiger partial charge in [-0.1, -0.05) is 13.3 Å². The number of carboxylic acids is 1. The van der Waals surface area contributed by atoms with Gasteiger partial charge in [-0.2, -0.15) is 5.10 Å². The molecule has 0 bridgehead atoms. The van der Waals surface area contributed by atoms with E-state index in [1.165, 1.54) is 17.1 Å². The molecule has 0 saturated carbocycles. The lowest BCUT2D eigenvalue weighted by Crippen LogP contribution is -2.21. The van der Waals surface area contributed by atoms with E-state index in [1.807, 2.05) is 13.8 Å². The van der Waals surface area contributed by atoms with E-state index in [-0.39, 0.29) is 24.4 Å². The highest BCUT2D eigenvalue weighted by Gasteiger charge is 2.14. The number of nitrogens with two attached hydrogens (primary N) is 1. The molecule has 0 spiro atoms. The second-order valence-corrected chi connectivity index (χ2v) is 5.12. The molecule has 2 unspecified atom stereocenters. The minimum Gasteiger partial charge on any atom is -0.480 e. The van der Waals surface area contributed by atoms with E-state index in [0.29, 0.717) is 5.69 Å². The van der Waals surface area contributed by atoms with Crippen molar-refractivity contribution >= 4 is 17.6 Å². The molecule has 0 aliphatic heterocycles. The zero-order chi connectivity index (χ0) is 15.1. The predicted octanol–water partition coefficient (Wildman–Crippen LogP) is 1.06. The third-order valence-electron chi connectivity index (χ3n) is 2.94. The van der Waals surface area contributed by atoms with Crippen molar-refractivity contribution in [3.8, 4) is 0 Å². The average Bonchev–Trinajstić information content (AvgIpc) is 2.74. The van der Waals surface area contributed by atoms with Crippen LogP contribution in [0.15, 0.2) is 12.4 Å². The number of aliphatic carboxylic acids is 1. The first kappa shape index (κ1) is 16.2. The quantitative estimate of drug-likeness (QED) is 0.660. The lowest BCUT2D eigenvalue weighted by molar-refractivity contribution is -0.137. The number of hydrogen-bond donors (Lipinski definition) is 3. The first-order valence-electron chi connectivity index (χ1n) is 6.69. The van der Waals surface area contributed by atoms with E-state index in [9.17, 15) is 9.59 Å². The molecule has 0 radical (unpaired) electrons. The first-order chi connectivity index (χ1) is 9.38. The average molecular weight is 282 g/mol. The van der Waals surface area contributed by atoms with Crippen LogP contribution in [0.5, 0.6) is 0 Å². The highest BCUT2D eigenvalue weighted by atomic mass is 16.4. The molecule has 1 aromatic heterocycles. The molecule has 0 aliphatic carbocycles. The van der Waals surface area contributed by atoms with Crippen LogP contribution in [0.25, 0.3) is 0 Å². The monoisotopic (exact) mass is 282 g/mol. The lowest BCUT2D eigenvalue weighted by atomic mass is 10.0. The Kier molecular flexibility index (Phi) is 6.17. The Morgan fingerprint density at radius 3 is 2.75 bits per heavy atom. The Balaban J connectivity index is 2.40.